The third kappa shape index (κ3) is 6.31. The quantitative estimate of drug-likeness (QED) is 0.601. The Balaban J connectivity index is 0.000000516. The number of carbonyl (C=O) groups is 4. The highest BCUT2D eigenvalue weighted by Gasteiger charge is 2.43. The van der Waals surface area contributed by atoms with Gasteiger partial charge in [0, 0.05) is 13.1 Å². The molecule has 0 aromatic rings. The van der Waals surface area contributed by atoms with Crippen LogP contribution in [0.15, 0.2) is 0 Å². The predicted octanol–water partition coefficient (Wildman–Crippen LogP) is 0.670. The number of amides is 2. The van der Waals surface area contributed by atoms with Crippen LogP contribution in [-0.4, -0.2) is 81.2 Å². The van der Waals surface area contributed by atoms with Crippen LogP contribution in [0.5, 0.6) is 0 Å². The number of nitrogens with two attached hydrogens (primary N) is 1. The Morgan fingerprint density at radius 2 is 1.41 bits per heavy atom. The molecule has 166 valence electrons. The van der Waals surface area contributed by atoms with Crippen LogP contribution in [0.3, 0.4) is 0 Å². The van der Waals surface area contributed by atoms with Gasteiger partial charge >= 0.3 is 18.1 Å². The summed E-state index contributed by atoms with van der Waals surface area (Å²) in [5.74, 6) is -4.18. The van der Waals surface area contributed by atoms with E-state index < -0.39 is 36.2 Å². The maximum Gasteiger partial charge on any atom is 0.490 e. The predicted molar refractivity (Wildman–Crippen MR) is 93.6 cm³/mol. The van der Waals surface area contributed by atoms with Crippen LogP contribution in [0.2, 0.25) is 0 Å². The van der Waals surface area contributed by atoms with Crippen LogP contribution in [0, 0.1) is 5.92 Å². The van der Waals surface area contributed by atoms with Gasteiger partial charge < -0.3 is 25.7 Å². The molecule has 12 heteroatoms. The maximum absolute atomic E-state index is 12.7. The SMILES string of the molecule is CC(C)[C@H](N)C(=O)N1CCC[C@H]1C(=O)N1CCC[C@H]1C(=O)O.O=C(O)C(F)(F)F. The summed E-state index contributed by atoms with van der Waals surface area (Å²) >= 11 is 0. The average molecular weight is 425 g/mol. The van der Waals surface area contributed by atoms with Crippen molar-refractivity contribution in [3.63, 3.8) is 0 Å². The number of halogens is 3. The van der Waals surface area contributed by atoms with Crippen molar-refractivity contribution >= 4 is 23.8 Å². The molecule has 0 radical (unpaired) electrons. The van der Waals surface area contributed by atoms with Gasteiger partial charge in [-0.1, -0.05) is 13.8 Å². The van der Waals surface area contributed by atoms with Gasteiger partial charge in [-0.2, -0.15) is 13.2 Å². The molecule has 29 heavy (non-hydrogen) atoms. The smallest absolute Gasteiger partial charge is 0.480 e. The Morgan fingerprint density at radius 3 is 1.83 bits per heavy atom. The van der Waals surface area contributed by atoms with Gasteiger partial charge in [-0.25, -0.2) is 9.59 Å². The topological polar surface area (TPSA) is 141 Å². The fraction of sp³-hybridized carbons (Fsp3) is 0.765. The third-order valence-electron chi connectivity index (χ3n) is 4.89. The standard InChI is InChI=1S/C15H25N3O4.C2HF3O2/c1-9(2)12(16)14(20)17-7-3-5-10(17)13(19)18-8-4-6-11(18)15(21)22;3-2(4,5)1(6)7/h9-12H,3-8,16H2,1-2H3,(H,21,22);(H,6,7)/t10-,11-,12-;/m0./s1. The first-order valence-electron chi connectivity index (χ1n) is 9.18. The Morgan fingerprint density at radius 1 is 0.966 bits per heavy atom. The second kappa shape index (κ2) is 9.90. The molecule has 2 heterocycles. The first-order valence-corrected chi connectivity index (χ1v) is 9.18. The molecule has 0 aliphatic carbocycles. The van der Waals surface area contributed by atoms with E-state index in [1.54, 1.807) is 4.90 Å². The van der Waals surface area contributed by atoms with E-state index in [-0.39, 0.29) is 17.7 Å². The maximum atomic E-state index is 12.7. The van der Waals surface area contributed by atoms with Crippen molar-refractivity contribution in [2.75, 3.05) is 13.1 Å². The van der Waals surface area contributed by atoms with Crippen molar-refractivity contribution in [1.82, 2.24) is 9.80 Å². The molecule has 4 N–H and O–H groups in total. The fourth-order valence-electron chi connectivity index (χ4n) is 3.24. The van der Waals surface area contributed by atoms with Gasteiger partial charge in [-0.3, -0.25) is 9.59 Å². The molecule has 0 bridgehead atoms. The molecule has 2 amide bonds. The largest absolute Gasteiger partial charge is 0.490 e. The zero-order chi connectivity index (χ0) is 22.5. The van der Waals surface area contributed by atoms with Crippen molar-refractivity contribution in [3.8, 4) is 0 Å². The van der Waals surface area contributed by atoms with E-state index in [2.05, 4.69) is 0 Å². The summed E-state index contributed by atoms with van der Waals surface area (Å²) < 4.78 is 31.7. The second-order valence-corrected chi connectivity index (χ2v) is 7.29. The lowest BCUT2D eigenvalue weighted by Crippen LogP contribution is -2.54. The molecular weight excluding hydrogens is 399 g/mol. The number of carbonyl (C=O) groups excluding carboxylic acids is 2. The zero-order valence-electron chi connectivity index (χ0n) is 16.2. The molecule has 0 saturated carbocycles. The number of carboxylic acid groups (broad SMARTS) is 2. The van der Waals surface area contributed by atoms with Crippen molar-refractivity contribution in [2.45, 2.75) is 63.8 Å². The Labute approximate surface area is 165 Å². The number of alkyl halides is 3. The first kappa shape index (κ1) is 24.7. The van der Waals surface area contributed by atoms with Gasteiger partial charge in [0.05, 0.1) is 6.04 Å². The Hall–Kier alpha value is -2.37. The molecule has 9 nitrogen and oxygen atoms in total. The number of carboxylic acids is 2. The second-order valence-electron chi connectivity index (χ2n) is 7.29. The normalized spacial score (nSPS) is 22.9. The summed E-state index contributed by atoms with van der Waals surface area (Å²) in [4.78, 5) is 48.3. The zero-order valence-corrected chi connectivity index (χ0v) is 16.2. The Bertz CT molecular complexity index is 640. The number of nitrogens with zero attached hydrogens (tertiary/aromatic N) is 2. The van der Waals surface area contributed by atoms with Gasteiger partial charge in [0.15, 0.2) is 0 Å². The summed E-state index contributed by atoms with van der Waals surface area (Å²) in [7, 11) is 0. The van der Waals surface area contributed by atoms with Crippen LogP contribution >= 0.6 is 0 Å². The molecular formula is C17H26F3N3O6. The molecule has 0 aromatic heterocycles. The molecule has 0 unspecified atom stereocenters. The summed E-state index contributed by atoms with van der Waals surface area (Å²) in [6.07, 6.45) is -2.58. The highest BCUT2D eigenvalue weighted by Crippen LogP contribution is 2.25. The molecule has 2 aliphatic rings. The molecule has 0 aromatic carbocycles. The number of rotatable bonds is 4. The number of aliphatic carboxylic acids is 2. The van der Waals surface area contributed by atoms with Gasteiger partial charge in [0.25, 0.3) is 0 Å². The highest BCUT2D eigenvalue weighted by atomic mass is 19.4. The van der Waals surface area contributed by atoms with Gasteiger partial charge in [-0.15, -0.1) is 0 Å². The van der Waals surface area contributed by atoms with Crippen LogP contribution in [0.1, 0.15) is 39.5 Å². The van der Waals surface area contributed by atoms with Gasteiger partial charge in [0.2, 0.25) is 11.8 Å². The molecule has 3 atom stereocenters. The minimum atomic E-state index is -5.08. The molecule has 2 aliphatic heterocycles. The van der Waals surface area contributed by atoms with Gasteiger partial charge in [-0.05, 0) is 31.6 Å². The molecule has 2 fully saturated rings. The van der Waals surface area contributed by atoms with E-state index in [0.717, 1.165) is 6.42 Å². The van der Waals surface area contributed by atoms with Crippen molar-refractivity contribution in [1.29, 1.82) is 0 Å². The molecule has 0 spiro atoms. The Kier molecular flexibility index (Phi) is 8.42. The lowest BCUT2D eigenvalue weighted by Gasteiger charge is -2.32. The fourth-order valence-corrected chi connectivity index (χ4v) is 3.24. The van der Waals surface area contributed by atoms with Crippen molar-refractivity contribution in [2.24, 2.45) is 11.7 Å². The van der Waals surface area contributed by atoms with Crippen LogP contribution in [0.25, 0.3) is 0 Å². The monoisotopic (exact) mass is 425 g/mol. The molecule has 2 rings (SSSR count). The van der Waals surface area contributed by atoms with E-state index in [1.165, 1.54) is 4.90 Å². The minimum Gasteiger partial charge on any atom is -0.480 e. The summed E-state index contributed by atoms with van der Waals surface area (Å²) in [5.41, 5.74) is 5.92. The lowest BCUT2D eigenvalue weighted by molar-refractivity contribution is -0.192. The molecule has 2 saturated heterocycles. The van der Waals surface area contributed by atoms with Crippen LogP contribution < -0.4 is 5.73 Å². The third-order valence-corrected chi connectivity index (χ3v) is 4.89. The number of likely N-dealkylation sites (tertiary alicyclic amines) is 2. The van der Waals surface area contributed by atoms with E-state index in [1.807, 2.05) is 13.8 Å². The number of hydrogen-bond acceptors (Lipinski definition) is 5. The van der Waals surface area contributed by atoms with E-state index in [4.69, 9.17) is 15.6 Å². The summed E-state index contributed by atoms with van der Waals surface area (Å²) in [5, 5.41) is 16.3. The summed E-state index contributed by atoms with van der Waals surface area (Å²) in [6.45, 7) is 4.71. The van der Waals surface area contributed by atoms with Crippen LogP contribution in [-0.2, 0) is 19.2 Å². The highest BCUT2D eigenvalue weighted by molar-refractivity contribution is 5.92. The minimum absolute atomic E-state index is 0.00223. The van der Waals surface area contributed by atoms with E-state index >= 15 is 0 Å². The van der Waals surface area contributed by atoms with Crippen molar-refractivity contribution < 1.29 is 42.6 Å². The number of hydrogen-bond donors (Lipinski definition) is 3. The lowest BCUT2D eigenvalue weighted by atomic mass is 10.0. The van der Waals surface area contributed by atoms with Gasteiger partial charge in [0.1, 0.15) is 12.1 Å². The summed E-state index contributed by atoms with van der Waals surface area (Å²) in [6, 6.07) is -1.94. The van der Waals surface area contributed by atoms with Crippen LogP contribution in [0.4, 0.5) is 13.2 Å². The van der Waals surface area contributed by atoms with E-state index in [0.29, 0.717) is 32.4 Å². The van der Waals surface area contributed by atoms with Crippen molar-refractivity contribution in [3.05, 3.63) is 0 Å². The first-order chi connectivity index (χ1) is 13.3. The van der Waals surface area contributed by atoms with E-state index in [9.17, 15) is 32.7 Å². The average Bonchev–Trinajstić information content (AvgIpc) is 3.28.